The molecule has 4 heteroatoms. The van der Waals surface area contributed by atoms with Gasteiger partial charge in [0.25, 0.3) is 0 Å². The molecule has 0 aliphatic heterocycles. The second-order valence-electron chi connectivity index (χ2n) is 3.80. The van der Waals surface area contributed by atoms with E-state index in [0.717, 1.165) is 0 Å². The van der Waals surface area contributed by atoms with Gasteiger partial charge in [-0.25, -0.2) is 4.79 Å². The zero-order valence-corrected chi connectivity index (χ0v) is 8.59. The molecule has 0 aromatic heterocycles. The van der Waals surface area contributed by atoms with Gasteiger partial charge in [0.2, 0.25) is 0 Å². The van der Waals surface area contributed by atoms with Crippen molar-refractivity contribution in [3.63, 3.8) is 0 Å². The third-order valence-electron chi connectivity index (χ3n) is 1.25. The van der Waals surface area contributed by atoms with Crippen LogP contribution in [0, 0.1) is 0 Å². The second kappa shape index (κ2) is 4.84. The highest BCUT2D eigenvalue weighted by Crippen LogP contribution is 2.08. The lowest BCUT2D eigenvalue weighted by molar-refractivity contribution is 0.0303. The fourth-order valence-electron chi connectivity index (χ4n) is 0.644. The fourth-order valence-corrected chi connectivity index (χ4v) is 0.644. The standard InChI is InChI=1S/C9H16NO3/c1-9(2,3)13-8(12)10(4)6-5-7-11/h5-6H2,1-4H3. The Kier molecular flexibility index (Phi) is 4.45. The predicted octanol–water partition coefficient (Wildman–Crippen LogP) is 1.35. The first-order valence-corrected chi connectivity index (χ1v) is 4.16. The molecule has 0 fully saturated rings. The van der Waals surface area contributed by atoms with E-state index in [1.165, 1.54) is 4.90 Å². The lowest BCUT2D eigenvalue weighted by atomic mass is 10.2. The van der Waals surface area contributed by atoms with Gasteiger partial charge in [0.05, 0.1) is 0 Å². The lowest BCUT2D eigenvalue weighted by Crippen LogP contribution is -2.34. The molecule has 0 spiro atoms. The molecule has 0 N–H and O–H groups in total. The average molecular weight is 186 g/mol. The number of carbonyl (C=O) groups excluding carboxylic acids is 2. The molecule has 0 bridgehead atoms. The summed E-state index contributed by atoms with van der Waals surface area (Å²) in [6.45, 7) is 5.73. The van der Waals surface area contributed by atoms with Crippen LogP contribution in [0.25, 0.3) is 0 Å². The third kappa shape index (κ3) is 6.13. The van der Waals surface area contributed by atoms with Gasteiger partial charge in [-0.05, 0) is 20.8 Å². The Morgan fingerprint density at radius 3 is 2.38 bits per heavy atom. The molecule has 0 saturated carbocycles. The quantitative estimate of drug-likeness (QED) is 0.668. The Morgan fingerprint density at radius 1 is 1.46 bits per heavy atom. The first kappa shape index (κ1) is 11.9. The van der Waals surface area contributed by atoms with Crippen LogP contribution in [0.4, 0.5) is 4.79 Å². The zero-order valence-electron chi connectivity index (χ0n) is 8.59. The molecular weight excluding hydrogens is 170 g/mol. The molecule has 1 amide bonds. The summed E-state index contributed by atoms with van der Waals surface area (Å²) >= 11 is 0. The van der Waals surface area contributed by atoms with E-state index in [1.54, 1.807) is 34.1 Å². The van der Waals surface area contributed by atoms with Crippen LogP contribution < -0.4 is 0 Å². The van der Waals surface area contributed by atoms with E-state index < -0.39 is 11.7 Å². The maximum Gasteiger partial charge on any atom is 0.410 e. The first-order chi connectivity index (χ1) is 5.87. The minimum atomic E-state index is -0.490. The van der Waals surface area contributed by atoms with E-state index in [-0.39, 0.29) is 6.42 Å². The van der Waals surface area contributed by atoms with Crippen LogP contribution in [0.5, 0.6) is 0 Å². The van der Waals surface area contributed by atoms with Gasteiger partial charge >= 0.3 is 6.09 Å². The van der Waals surface area contributed by atoms with Gasteiger partial charge in [0.1, 0.15) is 5.60 Å². The maximum atomic E-state index is 11.2. The highest BCUT2D eigenvalue weighted by Gasteiger charge is 2.18. The van der Waals surface area contributed by atoms with Crippen molar-refractivity contribution in [3.05, 3.63) is 0 Å². The van der Waals surface area contributed by atoms with Crippen molar-refractivity contribution >= 4 is 12.4 Å². The molecule has 0 heterocycles. The number of nitrogens with zero attached hydrogens (tertiary/aromatic N) is 1. The largest absolute Gasteiger partial charge is 0.444 e. The average Bonchev–Trinajstić information content (AvgIpc) is 1.96. The van der Waals surface area contributed by atoms with Crippen LogP contribution in [0.15, 0.2) is 0 Å². The molecular formula is C9H16NO3. The van der Waals surface area contributed by atoms with Gasteiger partial charge in [0, 0.05) is 20.0 Å². The van der Waals surface area contributed by atoms with Crippen molar-refractivity contribution in [2.45, 2.75) is 32.8 Å². The molecule has 0 atom stereocenters. The number of hydrogen-bond donors (Lipinski definition) is 0. The summed E-state index contributed by atoms with van der Waals surface area (Å²) in [4.78, 5) is 22.5. The third-order valence-corrected chi connectivity index (χ3v) is 1.25. The van der Waals surface area contributed by atoms with Crippen LogP contribution in [-0.4, -0.2) is 36.5 Å². The van der Waals surface area contributed by atoms with Gasteiger partial charge in [0.15, 0.2) is 6.29 Å². The number of hydrogen-bond acceptors (Lipinski definition) is 3. The molecule has 0 aromatic rings. The highest BCUT2D eigenvalue weighted by atomic mass is 16.6. The van der Waals surface area contributed by atoms with Crippen LogP contribution in [0.2, 0.25) is 0 Å². The van der Waals surface area contributed by atoms with E-state index in [2.05, 4.69) is 0 Å². The van der Waals surface area contributed by atoms with Crippen molar-refractivity contribution in [2.75, 3.05) is 13.6 Å². The molecule has 4 nitrogen and oxygen atoms in total. The van der Waals surface area contributed by atoms with Gasteiger partial charge in [-0.3, -0.25) is 4.79 Å². The predicted molar refractivity (Wildman–Crippen MR) is 49.2 cm³/mol. The summed E-state index contributed by atoms with van der Waals surface area (Å²) < 4.78 is 5.05. The molecule has 1 radical (unpaired) electrons. The summed E-state index contributed by atoms with van der Waals surface area (Å²) in [5.41, 5.74) is -0.490. The Balaban J connectivity index is 3.89. The minimum Gasteiger partial charge on any atom is -0.444 e. The molecule has 0 unspecified atom stereocenters. The molecule has 0 aliphatic rings. The van der Waals surface area contributed by atoms with Gasteiger partial charge in [-0.2, -0.15) is 0 Å². The van der Waals surface area contributed by atoms with Crippen molar-refractivity contribution < 1.29 is 14.3 Å². The van der Waals surface area contributed by atoms with Crippen LogP contribution in [0.1, 0.15) is 27.2 Å². The van der Waals surface area contributed by atoms with Crippen molar-refractivity contribution in [3.8, 4) is 0 Å². The second-order valence-corrected chi connectivity index (χ2v) is 3.80. The van der Waals surface area contributed by atoms with Crippen molar-refractivity contribution in [2.24, 2.45) is 0 Å². The Labute approximate surface area is 78.9 Å². The molecule has 0 aliphatic carbocycles. The fraction of sp³-hybridized carbons (Fsp3) is 0.778. The normalized spacial score (nSPS) is 10.8. The summed E-state index contributed by atoms with van der Waals surface area (Å²) in [6, 6.07) is 0. The van der Waals surface area contributed by atoms with Crippen LogP contribution in [-0.2, 0) is 9.53 Å². The Hall–Kier alpha value is -1.06. The zero-order chi connectivity index (χ0) is 10.5. The van der Waals surface area contributed by atoms with Gasteiger partial charge in [-0.15, -0.1) is 0 Å². The smallest absolute Gasteiger partial charge is 0.410 e. The van der Waals surface area contributed by atoms with E-state index in [4.69, 9.17) is 4.74 Å². The van der Waals surface area contributed by atoms with Crippen molar-refractivity contribution in [1.82, 2.24) is 4.90 Å². The van der Waals surface area contributed by atoms with E-state index in [1.807, 2.05) is 0 Å². The molecule has 13 heavy (non-hydrogen) atoms. The molecule has 0 saturated heterocycles. The highest BCUT2D eigenvalue weighted by molar-refractivity contribution is 5.68. The van der Waals surface area contributed by atoms with Gasteiger partial charge in [-0.1, -0.05) is 0 Å². The SMILES string of the molecule is CN(CC[C]=O)C(=O)OC(C)(C)C. The Bertz CT molecular complexity index is 184. The summed E-state index contributed by atoms with van der Waals surface area (Å²) in [5, 5.41) is 0. The van der Waals surface area contributed by atoms with Crippen LogP contribution in [0.3, 0.4) is 0 Å². The Morgan fingerprint density at radius 2 is 2.00 bits per heavy atom. The van der Waals surface area contributed by atoms with Crippen LogP contribution >= 0.6 is 0 Å². The topological polar surface area (TPSA) is 46.6 Å². The van der Waals surface area contributed by atoms with Gasteiger partial charge < -0.3 is 9.64 Å². The number of carbonyl (C=O) groups is 1. The number of ether oxygens (including phenoxy) is 1. The minimum absolute atomic E-state index is 0.218. The number of rotatable bonds is 3. The molecule has 75 valence electrons. The monoisotopic (exact) mass is 186 g/mol. The maximum absolute atomic E-state index is 11.2. The van der Waals surface area contributed by atoms with E-state index in [9.17, 15) is 9.59 Å². The van der Waals surface area contributed by atoms with Crippen molar-refractivity contribution in [1.29, 1.82) is 0 Å². The van der Waals surface area contributed by atoms with E-state index >= 15 is 0 Å². The summed E-state index contributed by atoms with van der Waals surface area (Å²) in [6.07, 6.45) is 1.52. The number of amides is 1. The summed E-state index contributed by atoms with van der Waals surface area (Å²) in [5.74, 6) is 0. The first-order valence-electron chi connectivity index (χ1n) is 4.16. The van der Waals surface area contributed by atoms with E-state index in [0.29, 0.717) is 6.54 Å². The lowest BCUT2D eigenvalue weighted by Gasteiger charge is -2.24. The molecule has 0 rings (SSSR count). The molecule has 0 aromatic carbocycles. The summed E-state index contributed by atoms with van der Waals surface area (Å²) in [7, 11) is 1.59.